The lowest BCUT2D eigenvalue weighted by Crippen LogP contribution is -2.42. The lowest BCUT2D eigenvalue weighted by Gasteiger charge is -2.17. The van der Waals surface area contributed by atoms with Gasteiger partial charge >= 0.3 is 6.09 Å². The van der Waals surface area contributed by atoms with Crippen LogP contribution in [0.5, 0.6) is 0 Å². The van der Waals surface area contributed by atoms with E-state index in [0.717, 1.165) is 37.6 Å². The zero-order valence-corrected chi connectivity index (χ0v) is 21.1. The van der Waals surface area contributed by atoms with E-state index < -0.39 is 17.9 Å². The molecule has 1 saturated heterocycles. The van der Waals surface area contributed by atoms with E-state index in [1.54, 1.807) is 0 Å². The van der Waals surface area contributed by atoms with Gasteiger partial charge in [0.25, 0.3) is 0 Å². The van der Waals surface area contributed by atoms with Gasteiger partial charge in [-0.3, -0.25) is 9.59 Å². The molecule has 3 N–H and O–H groups in total. The van der Waals surface area contributed by atoms with Crippen molar-refractivity contribution in [3.05, 3.63) is 96.1 Å². The van der Waals surface area contributed by atoms with Crippen LogP contribution in [0.4, 0.5) is 4.79 Å². The summed E-state index contributed by atoms with van der Waals surface area (Å²) < 4.78 is 0. The molecule has 38 heavy (non-hydrogen) atoms. The predicted molar refractivity (Wildman–Crippen MR) is 148 cm³/mol. The number of hydrogen-bond acceptors (Lipinski definition) is 3. The Hall–Kier alpha value is -4.39. The van der Waals surface area contributed by atoms with Gasteiger partial charge in [-0.1, -0.05) is 84.9 Å². The third kappa shape index (κ3) is 5.78. The number of nitrogens with one attached hydrogen (secondary N) is 2. The number of carboxylic acid groups (broad SMARTS) is 1. The number of nitrogens with zero attached hydrogens (tertiary/aromatic N) is 1. The van der Waals surface area contributed by atoms with Crippen LogP contribution in [0.1, 0.15) is 11.1 Å². The second kappa shape index (κ2) is 11.3. The van der Waals surface area contributed by atoms with Crippen molar-refractivity contribution in [2.24, 2.45) is 11.8 Å². The van der Waals surface area contributed by atoms with Crippen molar-refractivity contribution in [1.82, 2.24) is 15.5 Å². The summed E-state index contributed by atoms with van der Waals surface area (Å²) in [5, 5.41) is 20.0. The number of amides is 3. The van der Waals surface area contributed by atoms with Crippen LogP contribution >= 0.6 is 0 Å². The van der Waals surface area contributed by atoms with Crippen molar-refractivity contribution < 1.29 is 19.5 Å². The number of hydrogen-bond donors (Lipinski definition) is 3. The molecule has 0 aromatic heterocycles. The van der Waals surface area contributed by atoms with E-state index in [0.29, 0.717) is 25.9 Å². The molecule has 0 saturated carbocycles. The highest BCUT2D eigenvalue weighted by Crippen LogP contribution is 2.24. The van der Waals surface area contributed by atoms with Crippen molar-refractivity contribution in [3.8, 4) is 0 Å². The van der Waals surface area contributed by atoms with Gasteiger partial charge in [0.1, 0.15) is 0 Å². The van der Waals surface area contributed by atoms with Crippen LogP contribution in [-0.4, -0.2) is 54.1 Å². The van der Waals surface area contributed by atoms with Crippen LogP contribution in [0, 0.1) is 11.8 Å². The molecule has 2 atom stereocenters. The standard InChI is InChI=1S/C31H31N3O4/c35-29(32-15-13-21-9-11-23-5-1-3-7-25(23)17-21)27-19-34(31(37)38)20-28(27)30(36)33-16-14-22-10-12-24-6-2-4-8-26(24)18-22/h1-12,17-18,27-28H,13-16,19-20H2,(H,32,35)(H,33,36)(H,37,38). The minimum absolute atomic E-state index is 0.0138. The van der Waals surface area contributed by atoms with Crippen LogP contribution in [-0.2, 0) is 22.4 Å². The first kappa shape index (κ1) is 25.3. The smallest absolute Gasteiger partial charge is 0.407 e. The Balaban J connectivity index is 1.16. The van der Waals surface area contributed by atoms with Crippen LogP contribution in [0.25, 0.3) is 21.5 Å². The van der Waals surface area contributed by atoms with Crippen LogP contribution in [0.15, 0.2) is 84.9 Å². The molecule has 3 amide bonds. The van der Waals surface area contributed by atoms with Gasteiger partial charge in [-0.25, -0.2) is 4.79 Å². The molecular formula is C31H31N3O4. The summed E-state index contributed by atoms with van der Waals surface area (Å²) in [7, 11) is 0. The number of carbonyl (C=O) groups is 3. The Bertz CT molecular complexity index is 1380. The summed E-state index contributed by atoms with van der Waals surface area (Å²) >= 11 is 0. The second-order valence-electron chi connectivity index (χ2n) is 9.85. The average Bonchev–Trinajstić information content (AvgIpc) is 3.39. The first-order chi connectivity index (χ1) is 18.5. The maximum absolute atomic E-state index is 13.0. The third-order valence-electron chi connectivity index (χ3n) is 7.32. The fourth-order valence-corrected chi connectivity index (χ4v) is 5.20. The molecule has 1 heterocycles. The second-order valence-corrected chi connectivity index (χ2v) is 9.85. The van der Waals surface area contributed by atoms with Crippen LogP contribution in [0.3, 0.4) is 0 Å². The fourth-order valence-electron chi connectivity index (χ4n) is 5.20. The van der Waals surface area contributed by atoms with Gasteiger partial charge in [0.15, 0.2) is 0 Å². The minimum Gasteiger partial charge on any atom is -0.465 e. The van der Waals surface area contributed by atoms with Gasteiger partial charge in [-0.15, -0.1) is 0 Å². The van der Waals surface area contributed by atoms with Crippen molar-refractivity contribution >= 4 is 39.5 Å². The van der Waals surface area contributed by atoms with Crippen LogP contribution in [0.2, 0.25) is 0 Å². The van der Waals surface area contributed by atoms with E-state index in [2.05, 4.69) is 59.2 Å². The minimum atomic E-state index is -1.12. The van der Waals surface area contributed by atoms with Gasteiger partial charge in [0, 0.05) is 26.2 Å². The van der Waals surface area contributed by atoms with Crippen molar-refractivity contribution in [2.75, 3.05) is 26.2 Å². The molecule has 0 spiro atoms. The monoisotopic (exact) mass is 509 g/mol. The van der Waals surface area contributed by atoms with E-state index in [4.69, 9.17) is 0 Å². The lowest BCUT2D eigenvalue weighted by molar-refractivity contribution is -0.132. The molecule has 7 heteroatoms. The first-order valence-electron chi connectivity index (χ1n) is 13.0. The Kier molecular flexibility index (Phi) is 7.54. The molecule has 0 aliphatic carbocycles. The number of carbonyl (C=O) groups excluding carboxylic acids is 2. The summed E-state index contributed by atoms with van der Waals surface area (Å²) in [4.78, 5) is 38.8. The van der Waals surface area contributed by atoms with Crippen molar-refractivity contribution in [3.63, 3.8) is 0 Å². The molecular weight excluding hydrogens is 478 g/mol. The van der Waals surface area contributed by atoms with Gasteiger partial charge in [0.05, 0.1) is 11.8 Å². The van der Waals surface area contributed by atoms with Gasteiger partial charge in [0.2, 0.25) is 11.8 Å². The molecule has 194 valence electrons. The van der Waals surface area contributed by atoms with Crippen molar-refractivity contribution in [2.45, 2.75) is 12.8 Å². The van der Waals surface area contributed by atoms with E-state index in [-0.39, 0.29) is 24.9 Å². The summed E-state index contributed by atoms with van der Waals surface area (Å²) in [6.45, 7) is 0.855. The summed E-state index contributed by atoms with van der Waals surface area (Å²) in [6.07, 6.45) is 0.175. The molecule has 0 bridgehead atoms. The Morgan fingerprint density at radius 3 is 1.50 bits per heavy atom. The molecule has 0 radical (unpaired) electrons. The maximum Gasteiger partial charge on any atom is 0.407 e. The van der Waals surface area contributed by atoms with E-state index >= 15 is 0 Å². The normalized spacial score (nSPS) is 17.0. The van der Waals surface area contributed by atoms with Gasteiger partial charge in [-0.2, -0.15) is 0 Å². The van der Waals surface area contributed by atoms with Crippen LogP contribution < -0.4 is 10.6 Å². The highest BCUT2D eigenvalue weighted by molar-refractivity contribution is 5.90. The molecule has 1 aliphatic heterocycles. The highest BCUT2D eigenvalue weighted by Gasteiger charge is 2.43. The zero-order valence-electron chi connectivity index (χ0n) is 21.1. The summed E-state index contributed by atoms with van der Waals surface area (Å²) in [5.74, 6) is -2.01. The molecule has 2 unspecified atom stereocenters. The zero-order chi connectivity index (χ0) is 26.5. The SMILES string of the molecule is O=C(NCCc1ccc2ccccc2c1)C1CN(C(=O)O)CC1C(=O)NCCc1ccc2ccccc2c1. The Labute approximate surface area is 221 Å². The van der Waals surface area contributed by atoms with E-state index in [1.807, 2.05) is 36.4 Å². The molecule has 1 fully saturated rings. The topological polar surface area (TPSA) is 98.7 Å². The third-order valence-corrected chi connectivity index (χ3v) is 7.32. The molecule has 4 aromatic rings. The number of benzene rings is 4. The Morgan fingerprint density at radius 2 is 1.08 bits per heavy atom. The molecule has 4 aromatic carbocycles. The fraction of sp³-hybridized carbons (Fsp3) is 0.258. The van der Waals surface area contributed by atoms with E-state index in [9.17, 15) is 19.5 Å². The van der Waals surface area contributed by atoms with Gasteiger partial charge in [-0.05, 0) is 45.5 Å². The lowest BCUT2D eigenvalue weighted by atomic mass is 9.94. The first-order valence-corrected chi connectivity index (χ1v) is 13.0. The number of rotatable bonds is 8. The molecule has 7 nitrogen and oxygen atoms in total. The summed E-state index contributed by atoms with van der Waals surface area (Å²) in [6, 6.07) is 28.6. The molecule has 5 rings (SSSR count). The highest BCUT2D eigenvalue weighted by atomic mass is 16.4. The largest absolute Gasteiger partial charge is 0.465 e. The number of likely N-dealkylation sites (tertiary alicyclic amines) is 1. The summed E-state index contributed by atoms with van der Waals surface area (Å²) in [5.41, 5.74) is 2.20. The van der Waals surface area contributed by atoms with E-state index in [1.165, 1.54) is 0 Å². The predicted octanol–water partition coefficient (Wildman–Crippen LogP) is 4.24. The van der Waals surface area contributed by atoms with Crippen molar-refractivity contribution in [1.29, 1.82) is 0 Å². The quantitative estimate of drug-likeness (QED) is 0.331. The van der Waals surface area contributed by atoms with Gasteiger partial charge < -0.3 is 20.6 Å². The maximum atomic E-state index is 13.0. The Morgan fingerprint density at radius 1 is 0.658 bits per heavy atom. The number of fused-ring (bicyclic) bond motifs is 2. The molecule has 1 aliphatic rings. The average molecular weight is 510 g/mol.